The number of hydrogen-bond acceptors (Lipinski definition) is 4. The van der Waals surface area contributed by atoms with Gasteiger partial charge >= 0.3 is 0 Å². The molecule has 0 radical (unpaired) electrons. The fraction of sp³-hybridized carbons (Fsp3) is 0.533. The Bertz CT molecular complexity index is 607. The molecule has 1 atom stereocenters. The van der Waals surface area contributed by atoms with E-state index in [4.69, 9.17) is 0 Å². The zero-order chi connectivity index (χ0) is 13.9. The van der Waals surface area contributed by atoms with E-state index in [1.807, 2.05) is 22.6 Å². The first kappa shape index (κ1) is 13.2. The van der Waals surface area contributed by atoms with Crippen LogP contribution in [-0.2, 0) is 6.42 Å². The highest BCUT2D eigenvalue weighted by molar-refractivity contribution is 5.73. The van der Waals surface area contributed by atoms with Crippen LogP contribution < -0.4 is 0 Å². The predicted octanol–water partition coefficient (Wildman–Crippen LogP) is 1.82. The highest BCUT2D eigenvalue weighted by Crippen LogP contribution is 2.20. The molecular weight excluding hydrogens is 252 g/mol. The maximum Gasteiger partial charge on any atom is 0.166 e. The van der Waals surface area contributed by atoms with Crippen LogP contribution in [0.1, 0.15) is 36.1 Å². The van der Waals surface area contributed by atoms with Crippen LogP contribution in [0.4, 0.5) is 0 Å². The molecule has 0 aliphatic carbocycles. The second-order valence-electron chi connectivity index (χ2n) is 5.48. The van der Waals surface area contributed by atoms with Gasteiger partial charge in [-0.3, -0.25) is 9.20 Å². The minimum atomic E-state index is 0.607. The van der Waals surface area contributed by atoms with Gasteiger partial charge in [-0.2, -0.15) is 0 Å². The van der Waals surface area contributed by atoms with Gasteiger partial charge in [-0.1, -0.05) is 13.0 Å². The number of carbonyl (C=O) groups is 1. The third-order valence-electron chi connectivity index (χ3n) is 4.17. The molecule has 2 aromatic heterocycles. The molecule has 1 aliphatic rings. The van der Waals surface area contributed by atoms with Crippen molar-refractivity contribution >= 4 is 11.9 Å². The lowest BCUT2D eigenvalue weighted by atomic mass is 9.94. The van der Waals surface area contributed by atoms with Crippen molar-refractivity contribution in [3.8, 4) is 0 Å². The first-order valence-electron chi connectivity index (χ1n) is 7.32. The molecule has 5 nitrogen and oxygen atoms in total. The summed E-state index contributed by atoms with van der Waals surface area (Å²) in [5, 5.41) is 8.46. The lowest BCUT2D eigenvalue weighted by molar-refractivity contribution is 0.111. The third-order valence-corrected chi connectivity index (χ3v) is 4.17. The first-order valence-corrected chi connectivity index (χ1v) is 7.32. The molecule has 1 unspecified atom stereocenters. The van der Waals surface area contributed by atoms with Crippen molar-refractivity contribution < 1.29 is 4.79 Å². The normalized spacial score (nSPS) is 20.4. The van der Waals surface area contributed by atoms with Crippen LogP contribution in [0, 0.1) is 5.92 Å². The van der Waals surface area contributed by atoms with E-state index in [9.17, 15) is 4.79 Å². The zero-order valence-electron chi connectivity index (χ0n) is 11.8. The Balaban J connectivity index is 1.85. The van der Waals surface area contributed by atoms with Crippen molar-refractivity contribution in [3.05, 3.63) is 29.7 Å². The van der Waals surface area contributed by atoms with Crippen LogP contribution in [0.15, 0.2) is 18.2 Å². The van der Waals surface area contributed by atoms with Crippen molar-refractivity contribution in [1.82, 2.24) is 19.5 Å². The summed E-state index contributed by atoms with van der Waals surface area (Å²) in [5.74, 6) is 1.52. The number of carbonyl (C=O) groups excluding carboxylic acids is 1. The van der Waals surface area contributed by atoms with E-state index in [1.165, 1.54) is 19.4 Å². The predicted molar refractivity (Wildman–Crippen MR) is 76.9 cm³/mol. The molecule has 0 amide bonds. The van der Waals surface area contributed by atoms with Crippen LogP contribution >= 0.6 is 0 Å². The molecule has 0 saturated carbocycles. The average Bonchev–Trinajstić information content (AvgIpc) is 2.90. The first-order chi connectivity index (χ1) is 9.81. The summed E-state index contributed by atoms with van der Waals surface area (Å²) in [6.45, 7) is 5.64. The Hall–Kier alpha value is -1.75. The largest absolute Gasteiger partial charge is 0.303 e. The zero-order valence-corrected chi connectivity index (χ0v) is 11.8. The molecule has 20 heavy (non-hydrogen) atoms. The average molecular weight is 272 g/mol. The molecular formula is C15H20N4O. The summed E-state index contributed by atoms with van der Waals surface area (Å²) < 4.78 is 1.89. The fourth-order valence-corrected chi connectivity index (χ4v) is 3.11. The van der Waals surface area contributed by atoms with E-state index in [-0.39, 0.29) is 0 Å². The van der Waals surface area contributed by atoms with Gasteiger partial charge in [-0.15, -0.1) is 10.2 Å². The van der Waals surface area contributed by atoms with Gasteiger partial charge in [-0.25, -0.2) is 0 Å². The second-order valence-corrected chi connectivity index (χ2v) is 5.48. The van der Waals surface area contributed by atoms with Gasteiger partial charge in [0.15, 0.2) is 11.9 Å². The summed E-state index contributed by atoms with van der Waals surface area (Å²) in [7, 11) is 0. The summed E-state index contributed by atoms with van der Waals surface area (Å²) in [6.07, 6.45) is 4.24. The van der Waals surface area contributed by atoms with Crippen LogP contribution in [0.5, 0.6) is 0 Å². The monoisotopic (exact) mass is 272 g/mol. The number of hydrogen-bond donors (Lipinski definition) is 0. The number of rotatable bonds is 4. The number of aldehydes is 1. The van der Waals surface area contributed by atoms with Crippen molar-refractivity contribution in [2.45, 2.75) is 26.2 Å². The molecule has 1 saturated heterocycles. The molecule has 5 heteroatoms. The topological polar surface area (TPSA) is 50.5 Å². The number of nitrogens with zero attached hydrogens (tertiary/aromatic N) is 4. The second kappa shape index (κ2) is 5.71. The van der Waals surface area contributed by atoms with Crippen molar-refractivity contribution in [3.63, 3.8) is 0 Å². The lowest BCUT2D eigenvalue weighted by Gasteiger charge is -2.31. The molecule has 0 spiro atoms. The van der Waals surface area contributed by atoms with Crippen molar-refractivity contribution in [2.24, 2.45) is 5.92 Å². The standard InChI is InChI=1S/C15H20N4O/c1-2-18-8-4-5-12(10-18)9-15-17-16-14-7-3-6-13(11-20)19(14)15/h3,6-7,11-12H,2,4-5,8-10H2,1H3. The number of pyridine rings is 1. The van der Waals surface area contributed by atoms with Crippen molar-refractivity contribution in [1.29, 1.82) is 0 Å². The molecule has 1 fully saturated rings. The molecule has 0 N–H and O–H groups in total. The van der Waals surface area contributed by atoms with Gasteiger partial charge in [0.1, 0.15) is 5.82 Å². The molecule has 3 rings (SSSR count). The summed E-state index contributed by atoms with van der Waals surface area (Å²) in [5.41, 5.74) is 1.39. The van der Waals surface area contributed by atoms with Crippen LogP contribution in [0.3, 0.4) is 0 Å². The molecule has 106 valence electrons. The third kappa shape index (κ3) is 2.45. The molecule has 0 aromatic carbocycles. The minimum absolute atomic E-state index is 0.607. The highest BCUT2D eigenvalue weighted by Gasteiger charge is 2.21. The number of likely N-dealkylation sites (tertiary alicyclic amines) is 1. The highest BCUT2D eigenvalue weighted by atomic mass is 16.1. The van der Waals surface area contributed by atoms with E-state index >= 15 is 0 Å². The summed E-state index contributed by atoms with van der Waals surface area (Å²) in [4.78, 5) is 13.7. The van der Waals surface area contributed by atoms with Gasteiger partial charge in [-0.05, 0) is 44.0 Å². The Kier molecular flexibility index (Phi) is 3.78. The Labute approximate surface area is 118 Å². The molecule has 0 bridgehead atoms. The van der Waals surface area contributed by atoms with E-state index < -0.39 is 0 Å². The number of fused-ring (bicyclic) bond motifs is 1. The summed E-state index contributed by atoms with van der Waals surface area (Å²) in [6, 6.07) is 5.55. The Morgan fingerprint density at radius 2 is 2.30 bits per heavy atom. The van der Waals surface area contributed by atoms with E-state index in [2.05, 4.69) is 22.0 Å². The maximum atomic E-state index is 11.2. The van der Waals surface area contributed by atoms with Crippen LogP contribution in [-0.4, -0.2) is 45.4 Å². The van der Waals surface area contributed by atoms with Gasteiger partial charge in [0.05, 0.1) is 5.69 Å². The van der Waals surface area contributed by atoms with Gasteiger partial charge in [0.2, 0.25) is 0 Å². The maximum absolute atomic E-state index is 11.2. The number of piperidine rings is 1. The Morgan fingerprint density at radius 1 is 1.40 bits per heavy atom. The van der Waals surface area contributed by atoms with Gasteiger partial charge in [0, 0.05) is 13.0 Å². The van der Waals surface area contributed by atoms with Crippen LogP contribution in [0.25, 0.3) is 5.65 Å². The number of aromatic nitrogens is 3. The summed E-state index contributed by atoms with van der Waals surface area (Å²) >= 11 is 0. The van der Waals surface area contributed by atoms with Crippen LogP contribution in [0.2, 0.25) is 0 Å². The lowest BCUT2D eigenvalue weighted by Crippen LogP contribution is -2.36. The quantitative estimate of drug-likeness (QED) is 0.797. The molecule has 1 aliphatic heterocycles. The SMILES string of the molecule is CCN1CCCC(Cc2nnc3cccc(C=O)n23)C1. The van der Waals surface area contributed by atoms with Gasteiger partial charge < -0.3 is 4.90 Å². The van der Waals surface area contributed by atoms with Gasteiger partial charge in [0.25, 0.3) is 0 Å². The van der Waals surface area contributed by atoms with E-state index in [1.54, 1.807) is 0 Å². The smallest absolute Gasteiger partial charge is 0.166 e. The van der Waals surface area contributed by atoms with E-state index in [0.717, 1.165) is 37.3 Å². The minimum Gasteiger partial charge on any atom is -0.303 e. The Morgan fingerprint density at radius 3 is 3.10 bits per heavy atom. The molecule has 2 aromatic rings. The van der Waals surface area contributed by atoms with Crippen molar-refractivity contribution in [2.75, 3.05) is 19.6 Å². The van der Waals surface area contributed by atoms with E-state index in [0.29, 0.717) is 11.6 Å². The fourth-order valence-electron chi connectivity index (χ4n) is 3.11. The molecule has 3 heterocycles.